The van der Waals surface area contributed by atoms with Gasteiger partial charge >= 0.3 is 0 Å². The lowest BCUT2D eigenvalue weighted by Crippen LogP contribution is -2.55. The van der Waals surface area contributed by atoms with Crippen LogP contribution < -0.4 is 10.6 Å². The lowest BCUT2D eigenvalue weighted by molar-refractivity contribution is -0.148. The molecule has 3 fully saturated rings. The minimum atomic E-state index is -1.05. The summed E-state index contributed by atoms with van der Waals surface area (Å²) in [6.45, 7) is 5.06. The Balaban J connectivity index is 1.44. The van der Waals surface area contributed by atoms with Gasteiger partial charge in [0, 0.05) is 19.7 Å². The minimum Gasteiger partial charge on any atom is -0.396 e. The fourth-order valence-electron chi connectivity index (χ4n) is 6.87. The SMILES string of the molecule is CCCNC(=O)[C@H]1[C@H]2C(=O)N(CCCCCO)C(C(=O)NCn3nnc4ccccc43)C23CC[C@]1(CC)O3. The zero-order chi connectivity index (χ0) is 26.9. The first-order valence-corrected chi connectivity index (χ1v) is 13.9. The lowest BCUT2D eigenvalue weighted by atomic mass is 9.65. The van der Waals surface area contributed by atoms with Crippen molar-refractivity contribution in [2.45, 2.75) is 82.7 Å². The first-order chi connectivity index (χ1) is 18.4. The first kappa shape index (κ1) is 26.6. The molecule has 2 unspecified atom stereocenters. The topological polar surface area (TPSA) is 139 Å². The van der Waals surface area contributed by atoms with E-state index in [1.165, 1.54) is 0 Å². The van der Waals surface area contributed by atoms with E-state index in [2.05, 4.69) is 20.9 Å². The second kappa shape index (κ2) is 10.6. The standard InChI is InChI=1S/C27H38N6O5/c1-3-14-28-23(35)20-21-25(37)32(15-8-5-9-16-34)22(27(21)13-12-26(20,4-2)38-27)24(36)29-17-33-19-11-7-6-10-18(19)30-31-33/h6-7,10-11,20-22,34H,3-5,8-9,12-17H2,1-2H3,(H,28,35)(H,29,36)/t20-,21+,22?,26+,27?/m1/s1. The number of rotatable bonds is 12. The van der Waals surface area contributed by atoms with E-state index in [0.29, 0.717) is 45.2 Å². The van der Waals surface area contributed by atoms with Crippen LogP contribution in [0.2, 0.25) is 0 Å². The van der Waals surface area contributed by atoms with Crippen molar-refractivity contribution in [3.63, 3.8) is 0 Å². The van der Waals surface area contributed by atoms with Gasteiger partial charge in [0.2, 0.25) is 17.7 Å². The number of aliphatic hydroxyl groups is 1. The van der Waals surface area contributed by atoms with Crippen LogP contribution in [0.1, 0.15) is 58.8 Å². The molecule has 3 aliphatic rings. The number of unbranched alkanes of at least 4 members (excludes halogenated alkanes) is 2. The van der Waals surface area contributed by atoms with Gasteiger partial charge in [0.1, 0.15) is 23.8 Å². The van der Waals surface area contributed by atoms with Crippen LogP contribution in [0.15, 0.2) is 24.3 Å². The van der Waals surface area contributed by atoms with E-state index < -0.39 is 29.1 Å². The number of likely N-dealkylation sites (tertiary alicyclic amines) is 1. The van der Waals surface area contributed by atoms with E-state index in [0.717, 1.165) is 23.9 Å². The normalized spacial score (nSPS) is 29.7. The molecule has 11 heteroatoms. The molecule has 5 rings (SSSR count). The van der Waals surface area contributed by atoms with E-state index in [4.69, 9.17) is 4.74 Å². The fourth-order valence-corrected chi connectivity index (χ4v) is 6.87. The molecule has 3 N–H and O–H groups in total. The van der Waals surface area contributed by atoms with Crippen molar-refractivity contribution in [2.24, 2.45) is 11.8 Å². The van der Waals surface area contributed by atoms with Crippen LogP contribution in [0.5, 0.6) is 0 Å². The maximum atomic E-state index is 14.0. The molecule has 1 aromatic heterocycles. The number of aliphatic hydroxyl groups excluding tert-OH is 1. The molecule has 3 aliphatic heterocycles. The fraction of sp³-hybridized carbons (Fsp3) is 0.667. The van der Waals surface area contributed by atoms with Gasteiger partial charge in [-0.15, -0.1) is 5.10 Å². The third-order valence-electron chi connectivity index (χ3n) is 8.64. The van der Waals surface area contributed by atoms with Crippen molar-refractivity contribution in [1.29, 1.82) is 0 Å². The van der Waals surface area contributed by atoms with Crippen molar-refractivity contribution >= 4 is 28.8 Å². The summed E-state index contributed by atoms with van der Waals surface area (Å²) in [5.41, 5.74) is -0.275. The van der Waals surface area contributed by atoms with Gasteiger partial charge in [-0.05, 0) is 57.1 Å². The summed E-state index contributed by atoms with van der Waals surface area (Å²) in [7, 11) is 0. The number of benzene rings is 1. The van der Waals surface area contributed by atoms with Crippen LogP contribution in [0.25, 0.3) is 11.0 Å². The van der Waals surface area contributed by atoms with E-state index in [9.17, 15) is 19.5 Å². The third-order valence-corrected chi connectivity index (χ3v) is 8.64. The number of hydrogen-bond donors (Lipinski definition) is 3. The highest BCUT2D eigenvalue weighted by Gasteiger charge is 2.78. The molecule has 206 valence electrons. The Morgan fingerprint density at radius 2 is 1.95 bits per heavy atom. The van der Waals surface area contributed by atoms with Crippen molar-refractivity contribution < 1.29 is 24.2 Å². The number of carbonyl (C=O) groups excluding carboxylic acids is 3. The third kappa shape index (κ3) is 4.16. The summed E-state index contributed by atoms with van der Waals surface area (Å²) < 4.78 is 8.36. The van der Waals surface area contributed by atoms with Crippen molar-refractivity contribution in [3.05, 3.63) is 24.3 Å². The monoisotopic (exact) mass is 526 g/mol. The number of fused-ring (bicyclic) bond motifs is 2. The Morgan fingerprint density at radius 3 is 2.71 bits per heavy atom. The average Bonchev–Trinajstić information content (AvgIpc) is 3.65. The molecule has 0 radical (unpaired) electrons. The van der Waals surface area contributed by atoms with Gasteiger partial charge in [0.15, 0.2) is 0 Å². The van der Waals surface area contributed by atoms with E-state index >= 15 is 0 Å². The number of hydrogen-bond acceptors (Lipinski definition) is 7. The molecule has 5 atom stereocenters. The summed E-state index contributed by atoms with van der Waals surface area (Å²) in [6, 6.07) is 6.65. The molecule has 0 aliphatic carbocycles. The lowest BCUT2D eigenvalue weighted by Gasteiger charge is -2.34. The average molecular weight is 527 g/mol. The maximum Gasteiger partial charge on any atom is 0.247 e. The molecular formula is C27H38N6O5. The van der Waals surface area contributed by atoms with Crippen LogP contribution in [-0.4, -0.2) is 79.7 Å². The van der Waals surface area contributed by atoms with E-state index in [1.54, 1.807) is 9.58 Å². The molecular weight excluding hydrogens is 488 g/mol. The molecule has 38 heavy (non-hydrogen) atoms. The smallest absolute Gasteiger partial charge is 0.247 e. The van der Waals surface area contributed by atoms with Crippen LogP contribution in [0, 0.1) is 11.8 Å². The number of nitrogens with zero attached hydrogens (tertiary/aromatic N) is 4. The van der Waals surface area contributed by atoms with Crippen molar-refractivity contribution in [2.75, 3.05) is 19.7 Å². The van der Waals surface area contributed by atoms with E-state index in [-0.39, 0.29) is 31.0 Å². The summed E-state index contributed by atoms with van der Waals surface area (Å²) in [6.07, 6.45) is 4.58. The highest BCUT2D eigenvalue weighted by molar-refractivity contribution is 5.99. The van der Waals surface area contributed by atoms with Crippen molar-refractivity contribution in [1.82, 2.24) is 30.5 Å². The Morgan fingerprint density at radius 1 is 1.13 bits per heavy atom. The molecule has 3 saturated heterocycles. The molecule has 11 nitrogen and oxygen atoms in total. The molecule has 4 heterocycles. The number of ether oxygens (including phenoxy) is 1. The van der Waals surface area contributed by atoms with Crippen LogP contribution in [0.4, 0.5) is 0 Å². The molecule has 0 saturated carbocycles. The van der Waals surface area contributed by atoms with Crippen molar-refractivity contribution in [3.8, 4) is 0 Å². The quantitative estimate of drug-likeness (QED) is 0.355. The molecule has 1 aromatic carbocycles. The largest absolute Gasteiger partial charge is 0.396 e. The van der Waals surface area contributed by atoms with Crippen LogP contribution in [-0.2, 0) is 25.8 Å². The number of nitrogens with one attached hydrogen (secondary N) is 2. The Kier molecular flexibility index (Phi) is 7.41. The van der Waals surface area contributed by atoms with Gasteiger partial charge < -0.3 is 25.4 Å². The van der Waals surface area contributed by atoms with Gasteiger partial charge in [-0.25, -0.2) is 4.68 Å². The Bertz CT molecular complexity index is 1200. The predicted molar refractivity (Wildman–Crippen MR) is 138 cm³/mol. The number of amides is 3. The van der Waals surface area contributed by atoms with E-state index in [1.807, 2.05) is 38.1 Å². The zero-order valence-electron chi connectivity index (χ0n) is 22.2. The summed E-state index contributed by atoms with van der Waals surface area (Å²) in [4.78, 5) is 43.0. The predicted octanol–water partition coefficient (Wildman–Crippen LogP) is 1.35. The van der Waals surface area contributed by atoms with Crippen LogP contribution >= 0.6 is 0 Å². The van der Waals surface area contributed by atoms with Gasteiger partial charge in [-0.2, -0.15) is 0 Å². The second-order valence-corrected chi connectivity index (χ2v) is 10.7. The highest BCUT2D eigenvalue weighted by Crippen LogP contribution is 2.64. The second-order valence-electron chi connectivity index (χ2n) is 10.7. The molecule has 1 spiro atoms. The number of carbonyl (C=O) groups is 3. The maximum absolute atomic E-state index is 14.0. The molecule has 2 bridgehead atoms. The summed E-state index contributed by atoms with van der Waals surface area (Å²) in [5.74, 6) is -1.99. The Hall–Kier alpha value is -3.05. The molecule has 3 amide bonds. The number of aromatic nitrogens is 3. The summed E-state index contributed by atoms with van der Waals surface area (Å²) in [5, 5.41) is 23.5. The van der Waals surface area contributed by atoms with Gasteiger partial charge in [-0.3, -0.25) is 14.4 Å². The number of para-hydroxylation sites is 1. The Labute approximate surface area is 222 Å². The zero-order valence-corrected chi connectivity index (χ0v) is 22.2. The molecule has 2 aromatic rings. The van der Waals surface area contributed by atoms with Gasteiger partial charge in [0.25, 0.3) is 0 Å². The van der Waals surface area contributed by atoms with Gasteiger partial charge in [-0.1, -0.05) is 31.2 Å². The summed E-state index contributed by atoms with van der Waals surface area (Å²) >= 11 is 0. The van der Waals surface area contributed by atoms with Crippen LogP contribution in [0.3, 0.4) is 0 Å². The highest BCUT2D eigenvalue weighted by atomic mass is 16.5. The first-order valence-electron chi connectivity index (χ1n) is 13.9. The van der Waals surface area contributed by atoms with Gasteiger partial charge in [0.05, 0.1) is 23.0 Å². The minimum absolute atomic E-state index is 0.0814.